The molecule has 27 heavy (non-hydrogen) atoms. The fraction of sp³-hybridized carbons (Fsp3) is 0.190. The summed E-state index contributed by atoms with van der Waals surface area (Å²) in [5, 5.41) is 2.97. The number of nitrogens with one attached hydrogen (secondary N) is 2. The van der Waals surface area contributed by atoms with Crippen LogP contribution in [0.5, 0.6) is 0 Å². The Morgan fingerprint density at radius 1 is 1.15 bits per heavy atom. The Morgan fingerprint density at radius 2 is 2.00 bits per heavy atom. The molecule has 0 saturated carbocycles. The first-order valence-electron chi connectivity index (χ1n) is 9.03. The monoisotopic (exact) mass is 357 g/mol. The van der Waals surface area contributed by atoms with Crippen LogP contribution in [0.1, 0.15) is 23.0 Å². The molecule has 3 aromatic rings. The summed E-state index contributed by atoms with van der Waals surface area (Å²) < 4.78 is 0. The fourth-order valence-electron chi connectivity index (χ4n) is 3.76. The number of hydrogen-bond acceptors (Lipinski definition) is 3. The Kier molecular flexibility index (Phi) is 3.57. The second-order valence-corrected chi connectivity index (χ2v) is 6.90. The number of hydrogen-bond donors (Lipinski definition) is 2. The number of fused-ring (bicyclic) bond motifs is 1. The number of aromatic amines is 1. The van der Waals surface area contributed by atoms with E-state index in [1.54, 1.807) is 0 Å². The van der Waals surface area contributed by atoms with Crippen molar-refractivity contribution in [2.24, 2.45) is 4.99 Å². The van der Waals surface area contributed by atoms with Crippen molar-refractivity contribution < 1.29 is 4.79 Å². The van der Waals surface area contributed by atoms with Crippen molar-refractivity contribution >= 4 is 23.6 Å². The Labute approximate surface area is 157 Å². The number of carbonyl (C=O) groups excluding carboxylic acids is 1. The molecule has 134 valence electrons. The van der Waals surface area contributed by atoms with Gasteiger partial charge in [-0.3, -0.25) is 9.89 Å². The third-order valence-corrected chi connectivity index (χ3v) is 5.18. The van der Waals surface area contributed by atoms with Crippen LogP contribution in [0, 0.1) is 6.92 Å². The largest absolute Gasteiger partial charge is 0.342 e. The molecule has 2 aliphatic heterocycles. The van der Waals surface area contributed by atoms with Gasteiger partial charge in [-0.2, -0.15) is 0 Å². The van der Waals surface area contributed by atoms with Gasteiger partial charge in [0.2, 0.25) is 0 Å². The smallest absolute Gasteiger partial charge is 0.322 e. The third-order valence-electron chi connectivity index (χ3n) is 5.18. The van der Waals surface area contributed by atoms with E-state index >= 15 is 0 Å². The fourth-order valence-corrected chi connectivity index (χ4v) is 3.76. The minimum absolute atomic E-state index is 0.0431. The highest BCUT2D eigenvalue weighted by Gasteiger charge is 2.33. The summed E-state index contributed by atoms with van der Waals surface area (Å²) in [5.41, 5.74) is 6.20. The summed E-state index contributed by atoms with van der Waals surface area (Å²) in [5.74, 6) is 0.894. The Balaban J connectivity index is 1.46. The van der Waals surface area contributed by atoms with E-state index in [9.17, 15) is 4.79 Å². The summed E-state index contributed by atoms with van der Waals surface area (Å²) in [6, 6.07) is 14.2. The van der Waals surface area contributed by atoms with Crippen molar-refractivity contribution in [1.29, 1.82) is 0 Å². The van der Waals surface area contributed by atoms with Gasteiger partial charge in [0.1, 0.15) is 5.82 Å². The van der Waals surface area contributed by atoms with Gasteiger partial charge in [0.25, 0.3) is 0 Å². The van der Waals surface area contributed by atoms with Gasteiger partial charge in [-0.05, 0) is 35.7 Å². The maximum absolute atomic E-state index is 12.5. The van der Waals surface area contributed by atoms with E-state index in [4.69, 9.17) is 0 Å². The van der Waals surface area contributed by atoms with Crippen LogP contribution >= 0.6 is 0 Å². The normalized spacial score (nSPS) is 18.0. The number of nitrogens with zero attached hydrogens (tertiary/aromatic N) is 3. The number of aliphatic imine (C=N–C) groups is 1. The predicted octanol–water partition coefficient (Wildman–Crippen LogP) is 3.91. The number of rotatable bonds is 3. The van der Waals surface area contributed by atoms with E-state index < -0.39 is 0 Å². The molecule has 0 spiro atoms. The number of aryl methyl sites for hydroxylation is 1. The van der Waals surface area contributed by atoms with Crippen molar-refractivity contribution in [3.05, 3.63) is 65.6 Å². The van der Waals surface area contributed by atoms with Crippen molar-refractivity contribution in [2.75, 3.05) is 11.4 Å². The summed E-state index contributed by atoms with van der Waals surface area (Å²) >= 11 is 0. The van der Waals surface area contributed by atoms with Crippen LogP contribution in [-0.2, 0) is 6.42 Å². The molecular formula is C21H19N5O. The average Bonchev–Trinajstić information content (AvgIpc) is 3.41. The van der Waals surface area contributed by atoms with Crippen molar-refractivity contribution in [1.82, 2.24) is 15.3 Å². The molecule has 0 aliphatic carbocycles. The molecule has 1 atom stereocenters. The van der Waals surface area contributed by atoms with Gasteiger partial charge in [-0.25, -0.2) is 9.78 Å². The molecule has 2 N–H and O–H groups in total. The Hall–Kier alpha value is -3.41. The van der Waals surface area contributed by atoms with E-state index in [-0.39, 0.29) is 12.1 Å². The average molecular weight is 357 g/mol. The molecule has 5 rings (SSSR count). The summed E-state index contributed by atoms with van der Waals surface area (Å²) in [6.45, 7) is 2.52. The van der Waals surface area contributed by atoms with Gasteiger partial charge in [-0.1, -0.05) is 30.3 Å². The van der Waals surface area contributed by atoms with E-state index in [0.29, 0.717) is 6.54 Å². The van der Waals surface area contributed by atoms with E-state index in [1.165, 1.54) is 5.56 Å². The molecule has 3 heterocycles. The molecule has 2 aliphatic rings. The molecule has 6 heteroatoms. The lowest BCUT2D eigenvalue weighted by Gasteiger charge is -2.24. The molecule has 0 bridgehead atoms. The zero-order valence-corrected chi connectivity index (χ0v) is 14.9. The highest BCUT2D eigenvalue weighted by molar-refractivity contribution is 5.96. The molecule has 6 nitrogen and oxygen atoms in total. The number of H-pyrrole nitrogens is 1. The van der Waals surface area contributed by atoms with E-state index in [0.717, 1.165) is 40.4 Å². The van der Waals surface area contributed by atoms with Gasteiger partial charge in [0, 0.05) is 24.9 Å². The number of urea groups is 1. The molecular weight excluding hydrogens is 338 g/mol. The lowest BCUT2D eigenvalue weighted by molar-refractivity contribution is 0.251. The zero-order chi connectivity index (χ0) is 18.4. The van der Waals surface area contributed by atoms with Crippen LogP contribution in [0.3, 0.4) is 0 Å². The number of amides is 2. The van der Waals surface area contributed by atoms with E-state index in [1.807, 2.05) is 36.4 Å². The molecule has 2 amide bonds. The minimum atomic E-state index is -0.0739. The SMILES string of the molecule is Cc1ncc(-c2ccc(C3CNC(=O)N3c3ccc4c(c3)N=CC4)cc2)[nH]1. The predicted molar refractivity (Wildman–Crippen MR) is 106 cm³/mol. The number of benzene rings is 2. The first-order chi connectivity index (χ1) is 13.2. The number of anilines is 1. The maximum atomic E-state index is 12.5. The van der Waals surface area contributed by atoms with Crippen molar-refractivity contribution in [2.45, 2.75) is 19.4 Å². The summed E-state index contributed by atoms with van der Waals surface area (Å²) in [7, 11) is 0. The molecule has 0 radical (unpaired) electrons. The van der Waals surface area contributed by atoms with Crippen LogP contribution in [0.15, 0.2) is 53.7 Å². The quantitative estimate of drug-likeness (QED) is 0.746. The van der Waals surface area contributed by atoms with Gasteiger partial charge >= 0.3 is 6.03 Å². The van der Waals surface area contributed by atoms with Crippen LogP contribution in [0.25, 0.3) is 11.3 Å². The van der Waals surface area contributed by atoms with Gasteiger partial charge in [0.05, 0.1) is 23.6 Å². The highest BCUT2D eigenvalue weighted by atomic mass is 16.2. The number of aromatic nitrogens is 2. The standard InChI is InChI=1S/C21H19N5O/c1-13-23-11-19(25-13)14-2-4-16(5-3-14)20-12-24-21(27)26(20)17-7-6-15-8-9-22-18(15)10-17/h2-7,9-11,20H,8,12H2,1H3,(H,23,25)(H,24,27). The third kappa shape index (κ3) is 2.70. The highest BCUT2D eigenvalue weighted by Crippen LogP contribution is 2.35. The molecule has 1 unspecified atom stereocenters. The Morgan fingerprint density at radius 3 is 2.78 bits per heavy atom. The van der Waals surface area contributed by atoms with Crippen LogP contribution in [-0.4, -0.2) is 28.8 Å². The summed E-state index contributed by atoms with van der Waals surface area (Å²) in [6.07, 6.45) is 4.61. The van der Waals surface area contributed by atoms with E-state index in [2.05, 4.69) is 50.6 Å². The Bertz CT molecular complexity index is 1050. The first-order valence-corrected chi connectivity index (χ1v) is 9.03. The zero-order valence-electron chi connectivity index (χ0n) is 14.9. The maximum Gasteiger partial charge on any atom is 0.322 e. The topological polar surface area (TPSA) is 73.4 Å². The first kappa shape index (κ1) is 15.8. The van der Waals surface area contributed by atoms with Crippen LogP contribution in [0.4, 0.5) is 16.2 Å². The number of imidazole rings is 1. The lowest BCUT2D eigenvalue weighted by atomic mass is 10.0. The molecule has 1 aromatic heterocycles. The second-order valence-electron chi connectivity index (χ2n) is 6.90. The van der Waals surface area contributed by atoms with Gasteiger partial charge in [0.15, 0.2) is 0 Å². The molecule has 2 aromatic carbocycles. The van der Waals surface area contributed by atoms with Crippen LogP contribution in [0.2, 0.25) is 0 Å². The van der Waals surface area contributed by atoms with Gasteiger partial charge in [-0.15, -0.1) is 0 Å². The summed E-state index contributed by atoms with van der Waals surface area (Å²) in [4.78, 5) is 26.2. The van der Waals surface area contributed by atoms with Crippen molar-refractivity contribution in [3.8, 4) is 11.3 Å². The molecule has 1 saturated heterocycles. The van der Waals surface area contributed by atoms with Crippen molar-refractivity contribution in [3.63, 3.8) is 0 Å². The second kappa shape index (κ2) is 6.09. The molecule has 1 fully saturated rings. The van der Waals surface area contributed by atoms with Crippen LogP contribution < -0.4 is 10.2 Å². The lowest BCUT2D eigenvalue weighted by Crippen LogP contribution is -2.29. The number of carbonyl (C=O) groups is 1. The minimum Gasteiger partial charge on any atom is -0.342 e. The van der Waals surface area contributed by atoms with Gasteiger partial charge < -0.3 is 10.3 Å².